The Bertz CT molecular complexity index is 706. The molecule has 1 aromatic carbocycles. The summed E-state index contributed by atoms with van der Waals surface area (Å²) in [6.07, 6.45) is 0.471. The van der Waals surface area contributed by atoms with Gasteiger partial charge >= 0.3 is 0 Å². The molecule has 0 fully saturated rings. The number of halogens is 1. The molecule has 9 heteroatoms. The molecule has 7 nitrogen and oxygen atoms in total. The van der Waals surface area contributed by atoms with Gasteiger partial charge in [0.1, 0.15) is 5.82 Å². The van der Waals surface area contributed by atoms with Crippen LogP contribution in [0.3, 0.4) is 0 Å². The second-order valence-corrected chi connectivity index (χ2v) is 7.96. The van der Waals surface area contributed by atoms with Crippen molar-refractivity contribution in [3.63, 3.8) is 0 Å². The molecule has 0 saturated heterocycles. The van der Waals surface area contributed by atoms with Gasteiger partial charge in [0.15, 0.2) is 0 Å². The zero-order chi connectivity index (χ0) is 18.0. The summed E-state index contributed by atoms with van der Waals surface area (Å²) in [7, 11) is -4.15. The minimum Gasteiger partial charge on any atom is -0.329 e. The number of hydrogen-bond donors (Lipinski definition) is 2. The number of sulfonamides is 1. The van der Waals surface area contributed by atoms with Crippen molar-refractivity contribution in [3.8, 4) is 0 Å². The molecule has 1 aromatic rings. The SMILES string of the molecule is Cc1c(F)cc(S(=O)(=O)NC(C)(CN)CC(C)C)cc1[N+](=O)[O-]. The summed E-state index contributed by atoms with van der Waals surface area (Å²) in [5, 5.41) is 10.9. The van der Waals surface area contributed by atoms with Crippen LogP contribution in [0.25, 0.3) is 0 Å². The summed E-state index contributed by atoms with van der Waals surface area (Å²) in [4.78, 5) is 9.64. The summed E-state index contributed by atoms with van der Waals surface area (Å²) < 4.78 is 41.2. The van der Waals surface area contributed by atoms with Gasteiger partial charge in [0.05, 0.1) is 15.4 Å². The molecular weight excluding hydrogens is 325 g/mol. The zero-order valence-corrected chi connectivity index (χ0v) is 14.4. The summed E-state index contributed by atoms with van der Waals surface area (Å²) in [5.41, 5.74) is 3.95. The molecule has 130 valence electrons. The molecule has 0 amide bonds. The van der Waals surface area contributed by atoms with E-state index >= 15 is 0 Å². The van der Waals surface area contributed by atoms with Crippen LogP contribution in [0.15, 0.2) is 17.0 Å². The molecule has 0 bridgehead atoms. The standard InChI is InChI=1S/C14H22FN3O4S/c1-9(2)7-14(4,8-16)17-23(21,22)11-5-12(15)10(3)13(6-11)18(19)20/h5-6,9,17H,7-8,16H2,1-4H3. The highest BCUT2D eigenvalue weighted by Gasteiger charge is 2.32. The maximum absolute atomic E-state index is 13.8. The van der Waals surface area contributed by atoms with E-state index in [1.807, 2.05) is 13.8 Å². The van der Waals surface area contributed by atoms with Gasteiger partial charge in [-0.25, -0.2) is 17.5 Å². The van der Waals surface area contributed by atoms with Crippen molar-refractivity contribution < 1.29 is 17.7 Å². The number of hydrogen-bond acceptors (Lipinski definition) is 5. The Balaban J connectivity index is 3.31. The Morgan fingerprint density at radius 3 is 2.43 bits per heavy atom. The van der Waals surface area contributed by atoms with Crippen molar-refractivity contribution >= 4 is 15.7 Å². The lowest BCUT2D eigenvalue weighted by molar-refractivity contribution is -0.385. The molecular formula is C14H22FN3O4S. The largest absolute Gasteiger partial charge is 0.329 e. The van der Waals surface area contributed by atoms with Crippen molar-refractivity contribution in [1.29, 1.82) is 0 Å². The van der Waals surface area contributed by atoms with E-state index in [0.29, 0.717) is 6.42 Å². The number of rotatable bonds is 7. The Morgan fingerprint density at radius 2 is 2.00 bits per heavy atom. The lowest BCUT2D eigenvalue weighted by Crippen LogP contribution is -2.52. The van der Waals surface area contributed by atoms with Gasteiger partial charge in [-0.3, -0.25) is 10.1 Å². The molecule has 0 aliphatic carbocycles. The van der Waals surface area contributed by atoms with E-state index in [4.69, 9.17) is 5.73 Å². The average Bonchev–Trinajstić information content (AvgIpc) is 2.39. The number of nitro groups is 1. The van der Waals surface area contributed by atoms with Gasteiger partial charge in [-0.1, -0.05) is 13.8 Å². The van der Waals surface area contributed by atoms with Crippen LogP contribution in [-0.4, -0.2) is 25.4 Å². The van der Waals surface area contributed by atoms with Crippen molar-refractivity contribution in [2.45, 2.75) is 44.6 Å². The van der Waals surface area contributed by atoms with Crippen LogP contribution >= 0.6 is 0 Å². The highest BCUT2D eigenvalue weighted by atomic mass is 32.2. The summed E-state index contributed by atoms with van der Waals surface area (Å²) in [5.74, 6) is -0.770. The third-order valence-corrected chi connectivity index (χ3v) is 5.11. The van der Waals surface area contributed by atoms with E-state index in [-0.39, 0.29) is 18.0 Å². The van der Waals surface area contributed by atoms with Gasteiger partial charge in [0.25, 0.3) is 5.69 Å². The summed E-state index contributed by atoms with van der Waals surface area (Å²) in [6, 6.07) is 1.63. The number of benzene rings is 1. The van der Waals surface area contributed by atoms with Gasteiger partial charge in [0, 0.05) is 18.2 Å². The molecule has 0 radical (unpaired) electrons. The van der Waals surface area contributed by atoms with Crippen molar-refractivity contribution in [2.75, 3.05) is 6.54 Å². The first kappa shape index (κ1) is 19.5. The van der Waals surface area contributed by atoms with Gasteiger partial charge in [-0.15, -0.1) is 0 Å². The fourth-order valence-electron chi connectivity index (χ4n) is 2.44. The van der Waals surface area contributed by atoms with E-state index in [2.05, 4.69) is 4.72 Å². The quantitative estimate of drug-likeness (QED) is 0.579. The first-order chi connectivity index (χ1) is 10.4. The number of nitro benzene ring substituents is 1. The zero-order valence-electron chi connectivity index (χ0n) is 13.6. The monoisotopic (exact) mass is 347 g/mol. The Morgan fingerprint density at radius 1 is 1.43 bits per heavy atom. The van der Waals surface area contributed by atoms with Crippen LogP contribution in [0.1, 0.15) is 32.8 Å². The normalized spacial score (nSPS) is 14.7. The topological polar surface area (TPSA) is 115 Å². The summed E-state index contributed by atoms with van der Waals surface area (Å²) in [6.45, 7) is 6.74. The Kier molecular flexibility index (Phi) is 5.84. The molecule has 1 atom stereocenters. The molecule has 23 heavy (non-hydrogen) atoms. The molecule has 0 saturated carbocycles. The molecule has 0 aliphatic rings. The average molecular weight is 347 g/mol. The molecule has 3 N–H and O–H groups in total. The van der Waals surface area contributed by atoms with Crippen LogP contribution in [-0.2, 0) is 10.0 Å². The molecule has 1 unspecified atom stereocenters. The predicted octanol–water partition coefficient (Wildman–Crippen LogP) is 2.08. The number of nitrogens with zero attached hydrogens (tertiary/aromatic N) is 1. The maximum Gasteiger partial charge on any atom is 0.276 e. The van der Waals surface area contributed by atoms with Crippen LogP contribution in [0, 0.1) is 28.8 Å². The lowest BCUT2D eigenvalue weighted by atomic mass is 9.92. The van der Waals surface area contributed by atoms with E-state index in [9.17, 15) is 22.9 Å². The van der Waals surface area contributed by atoms with E-state index < -0.39 is 36.9 Å². The van der Waals surface area contributed by atoms with Gasteiger partial charge in [0.2, 0.25) is 10.0 Å². The molecule has 0 aromatic heterocycles. The maximum atomic E-state index is 13.8. The van der Waals surface area contributed by atoms with Crippen molar-refractivity contribution in [1.82, 2.24) is 4.72 Å². The highest BCUT2D eigenvalue weighted by Crippen LogP contribution is 2.26. The van der Waals surface area contributed by atoms with Gasteiger partial charge in [-0.2, -0.15) is 0 Å². The van der Waals surface area contributed by atoms with Gasteiger partial charge in [-0.05, 0) is 32.3 Å². The molecule has 0 aliphatic heterocycles. The van der Waals surface area contributed by atoms with Crippen molar-refractivity contribution in [2.24, 2.45) is 11.7 Å². The van der Waals surface area contributed by atoms with Crippen molar-refractivity contribution in [3.05, 3.63) is 33.6 Å². The molecule has 0 spiro atoms. The van der Waals surface area contributed by atoms with Gasteiger partial charge < -0.3 is 5.73 Å². The first-order valence-electron chi connectivity index (χ1n) is 7.10. The van der Waals surface area contributed by atoms with E-state index in [1.165, 1.54) is 6.92 Å². The van der Waals surface area contributed by atoms with E-state index in [0.717, 1.165) is 12.1 Å². The minimum atomic E-state index is -4.15. The van der Waals surface area contributed by atoms with E-state index in [1.54, 1.807) is 6.92 Å². The fourth-order valence-corrected chi connectivity index (χ4v) is 3.89. The highest BCUT2D eigenvalue weighted by molar-refractivity contribution is 7.89. The second-order valence-electron chi connectivity index (χ2n) is 6.27. The van der Waals surface area contributed by atoms with Crippen LogP contribution in [0.5, 0.6) is 0 Å². The molecule has 0 heterocycles. The lowest BCUT2D eigenvalue weighted by Gasteiger charge is -2.30. The molecule has 1 rings (SSSR count). The third-order valence-electron chi connectivity index (χ3n) is 3.49. The Labute approximate surface area is 135 Å². The number of nitrogens with two attached hydrogens (primary N) is 1. The third kappa shape index (κ3) is 4.69. The van der Waals surface area contributed by atoms with Crippen LogP contribution < -0.4 is 10.5 Å². The predicted molar refractivity (Wildman–Crippen MR) is 85.0 cm³/mol. The fraction of sp³-hybridized carbons (Fsp3) is 0.571. The van der Waals surface area contributed by atoms with Crippen LogP contribution in [0.4, 0.5) is 10.1 Å². The second kappa shape index (κ2) is 6.90. The number of nitrogens with one attached hydrogen (secondary N) is 1. The van der Waals surface area contributed by atoms with Crippen LogP contribution in [0.2, 0.25) is 0 Å². The minimum absolute atomic E-state index is 0.0425. The Hall–Kier alpha value is -1.58. The first-order valence-corrected chi connectivity index (χ1v) is 8.59. The smallest absolute Gasteiger partial charge is 0.276 e. The summed E-state index contributed by atoms with van der Waals surface area (Å²) >= 11 is 0.